The van der Waals surface area contributed by atoms with Crippen molar-refractivity contribution < 1.29 is 8.42 Å². The predicted molar refractivity (Wildman–Crippen MR) is 83.1 cm³/mol. The number of rotatable bonds is 5. The van der Waals surface area contributed by atoms with Crippen molar-refractivity contribution in [2.75, 3.05) is 10.6 Å². The normalized spacial score (nSPS) is 11.3. The zero-order chi connectivity index (χ0) is 14.6. The van der Waals surface area contributed by atoms with E-state index in [2.05, 4.69) is 4.72 Å². The molecule has 0 aromatic heterocycles. The lowest BCUT2D eigenvalue weighted by Gasteiger charge is -2.08. The topological polar surface area (TPSA) is 46.2 Å². The van der Waals surface area contributed by atoms with Gasteiger partial charge in [-0.1, -0.05) is 23.7 Å². The number of nitrogens with one attached hydrogen (secondary N) is 1. The minimum Gasteiger partial charge on any atom is -0.280 e. The lowest BCUT2D eigenvalue weighted by atomic mass is 10.2. The molecule has 2 rings (SSSR count). The van der Waals surface area contributed by atoms with Crippen molar-refractivity contribution in [3.63, 3.8) is 0 Å². The minimum absolute atomic E-state index is 0.173. The fourth-order valence-electron chi connectivity index (χ4n) is 1.68. The van der Waals surface area contributed by atoms with E-state index in [1.54, 1.807) is 24.3 Å². The van der Waals surface area contributed by atoms with Crippen LogP contribution in [-0.2, 0) is 16.4 Å². The van der Waals surface area contributed by atoms with Crippen LogP contribution in [0.25, 0.3) is 0 Å². The smallest absolute Gasteiger partial charge is 0.261 e. The minimum atomic E-state index is -3.59. The van der Waals surface area contributed by atoms with Crippen molar-refractivity contribution in [2.45, 2.75) is 11.3 Å². The number of hydrogen-bond acceptors (Lipinski definition) is 2. The van der Waals surface area contributed by atoms with E-state index in [1.165, 1.54) is 12.1 Å². The van der Waals surface area contributed by atoms with Crippen molar-refractivity contribution >= 4 is 38.9 Å². The zero-order valence-electron chi connectivity index (χ0n) is 10.5. The van der Waals surface area contributed by atoms with Gasteiger partial charge < -0.3 is 0 Å². The molecule has 20 heavy (non-hydrogen) atoms. The Hall–Kier alpha value is -1.23. The van der Waals surface area contributed by atoms with Crippen LogP contribution in [-0.4, -0.2) is 14.3 Å². The third-order valence-corrected chi connectivity index (χ3v) is 4.55. The van der Waals surface area contributed by atoms with E-state index in [9.17, 15) is 8.42 Å². The monoisotopic (exact) mass is 329 g/mol. The van der Waals surface area contributed by atoms with Gasteiger partial charge in [-0.3, -0.25) is 4.72 Å². The number of hydrogen-bond donors (Lipinski definition) is 1. The fraction of sp³-hybridized carbons (Fsp3) is 0.143. The van der Waals surface area contributed by atoms with E-state index >= 15 is 0 Å². The summed E-state index contributed by atoms with van der Waals surface area (Å²) in [7, 11) is -3.59. The van der Waals surface area contributed by atoms with Gasteiger partial charge in [-0.25, -0.2) is 8.42 Å². The van der Waals surface area contributed by atoms with E-state index in [4.69, 9.17) is 23.2 Å². The second-order valence-electron chi connectivity index (χ2n) is 4.20. The largest absolute Gasteiger partial charge is 0.280 e. The van der Waals surface area contributed by atoms with Gasteiger partial charge in [0.1, 0.15) is 0 Å². The second-order valence-corrected chi connectivity index (χ2v) is 6.69. The maximum Gasteiger partial charge on any atom is 0.261 e. The van der Waals surface area contributed by atoms with Gasteiger partial charge in [-0.2, -0.15) is 0 Å². The van der Waals surface area contributed by atoms with Gasteiger partial charge >= 0.3 is 0 Å². The Morgan fingerprint density at radius 3 is 2.10 bits per heavy atom. The molecule has 0 saturated carbocycles. The zero-order valence-corrected chi connectivity index (χ0v) is 12.8. The molecular formula is C14H13Cl2NO2S. The number of anilines is 1. The molecule has 0 amide bonds. The van der Waals surface area contributed by atoms with Crippen LogP contribution in [0, 0.1) is 0 Å². The van der Waals surface area contributed by atoms with Gasteiger partial charge in [-0.15, -0.1) is 11.6 Å². The molecule has 0 atom stereocenters. The third kappa shape index (κ3) is 3.88. The summed E-state index contributed by atoms with van der Waals surface area (Å²) in [5.74, 6) is 0.538. The lowest BCUT2D eigenvalue weighted by molar-refractivity contribution is 0.601. The van der Waals surface area contributed by atoms with Crippen molar-refractivity contribution in [3.05, 3.63) is 59.1 Å². The van der Waals surface area contributed by atoms with Crippen molar-refractivity contribution in [1.82, 2.24) is 0 Å². The highest BCUT2D eigenvalue weighted by atomic mass is 35.5. The maximum absolute atomic E-state index is 12.1. The molecule has 0 heterocycles. The first-order valence-electron chi connectivity index (χ1n) is 5.94. The van der Waals surface area contributed by atoms with Crippen molar-refractivity contribution in [3.8, 4) is 0 Å². The summed E-state index contributed by atoms with van der Waals surface area (Å²) in [6.07, 6.45) is 0.756. The molecule has 0 fully saturated rings. The summed E-state index contributed by atoms with van der Waals surface area (Å²) in [5.41, 5.74) is 1.58. The summed E-state index contributed by atoms with van der Waals surface area (Å²) in [4.78, 5) is 0.173. The number of alkyl halides is 1. The van der Waals surface area contributed by atoms with E-state index in [0.29, 0.717) is 16.6 Å². The molecule has 3 nitrogen and oxygen atoms in total. The van der Waals surface area contributed by atoms with Gasteiger partial charge in [0.05, 0.1) is 4.90 Å². The van der Waals surface area contributed by atoms with Crippen LogP contribution in [0.4, 0.5) is 5.69 Å². The highest BCUT2D eigenvalue weighted by Crippen LogP contribution is 2.18. The Bertz CT molecular complexity index is 667. The molecule has 0 saturated heterocycles. The quantitative estimate of drug-likeness (QED) is 0.845. The van der Waals surface area contributed by atoms with Crippen molar-refractivity contribution in [1.29, 1.82) is 0 Å². The summed E-state index contributed by atoms with van der Waals surface area (Å²) < 4.78 is 26.8. The highest BCUT2D eigenvalue weighted by molar-refractivity contribution is 7.92. The van der Waals surface area contributed by atoms with Crippen LogP contribution < -0.4 is 4.72 Å². The summed E-state index contributed by atoms with van der Waals surface area (Å²) in [5, 5.41) is 0.495. The van der Waals surface area contributed by atoms with E-state index in [-0.39, 0.29) is 4.90 Å². The Morgan fingerprint density at radius 2 is 1.55 bits per heavy atom. The summed E-state index contributed by atoms with van der Waals surface area (Å²) >= 11 is 11.4. The molecule has 0 aliphatic rings. The number of sulfonamides is 1. The molecule has 6 heteroatoms. The molecule has 2 aromatic rings. The maximum atomic E-state index is 12.1. The molecule has 0 radical (unpaired) electrons. The van der Waals surface area contributed by atoms with Gasteiger partial charge in [0.15, 0.2) is 0 Å². The SMILES string of the molecule is O=S(=O)(Nc1ccc(CCCl)cc1)c1ccc(Cl)cc1. The van der Waals surface area contributed by atoms with Gasteiger partial charge in [0.25, 0.3) is 10.0 Å². The first kappa shape index (κ1) is 15.2. The number of halogens is 2. The van der Waals surface area contributed by atoms with Crippen LogP contribution in [0.15, 0.2) is 53.4 Å². The van der Waals surface area contributed by atoms with Crippen LogP contribution in [0.1, 0.15) is 5.56 Å². The number of benzene rings is 2. The highest BCUT2D eigenvalue weighted by Gasteiger charge is 2.13. The van der Waals surface area contributed by atoms with Crippen LogP contribution in [0.3, 0.4) is 0 Å². The first-order valence-corrected chi connectivity index (χ1v) is 8.34. The molecule has 0 spiro atoms. The van der Waals surface area contributed by atoms with E-state index in [1.807, 2.05) is 12.1 Å². The average molecular weight is 330 g/mol. The first-order chi connectivity index (χ1) is 9.51. The van der Waals surface area contributed by atoms with E-state index < -0.39 is 10.0 Å². The van der Waals surface area contributed by atoms with Gasteiger partial charge in [-0.05, 0) is 48.4 Å². The average Bonchev–Trinajstić information content (AvgIpc) is 2.41. The summed E-state index contributed by atoms with van der Waals surface area (Å²) in [6.45, 7) is 0. The molecule has 106 valence electrons. The number of aryl methyl sites for hydroxylation is 1. The lowest BCUT2D eigenvalue weighted by Crippen LogP contribution is -2.12. The third-order valence-electron chi connectivity index (χ3n) is 2.71. The standard InChI is InChI=1S/C14H13Cl2NO2S/c15-10-9-11-1-5-13(6-2-11)17-20(18,19)14-7-3-12(16)4-8-14/h1-8,17H,9-10H2. The predicted octanol–water partition coefficient (Wildman–Crippen LogP) is 3.92. The molecule has 2 aromatic carbocycles. The molecular weight excluding hydrogens is 317 g/mol. The van der Waals surface area contributed by atoms with Crippen molar-refractivity contribution in [2.24, 2.45) is 0 Å². The Kier molecular flexibility index (Phi) is 4.91. The Balaban J connectivity index is 2.17. The van der Waals surface area contributed by atoms with Gasteiger partial charge in [0.2, 0.25) is 0 Å². The van der Waals surface area contributed by atoms with Crippen LogP contribution in [0.2, 0.25) is 5.02 Å². The molecule has 0 unspecified atom stereocenters. The van der Waals surface area contributed by atoms with Gasteiger partial charge in [0, 0.05) is 16.6 Å². The second kappa shape index (κ2) is 6.48. The molecule has 1 N–H and O–H groups in total. The molecule has 0 bridgehead atoms. The summed E-state index contributed by atoms with van der Waals surface area (Å²) in [6, 6.07) is 13.1. The Morgan fingerprint density at radius 1 is 0.950 bits per heavy atom. The molecule has 0 aliphatic heterocycles. The molecule has 0 aliphatic carbocycles. The Labute approximate surface area is 128 Å². The fourth-order valence-corrected chi connectivity index (χ4v) is 3.08. The van der Waals surface area contributed by atoms with Crippen LogP contribution in [0.5, 0.6) is 0 Å². The van der Waals surface area contributed by atoms with E-state index in [0.717, 1.165) is 12.0 Å². The van der Waals surface area contributed by atoms with Crippen LogP contribution >= 0.6 is 23.2 Å².